The van der Waals surface area contributed by atoms with Gasteiger partial charge in [-0.1, -0.05) is 46.9 Å². The number of benzene rings is 2. The van der Waals surface area contributed by atoms with E-state index in [1.54, 1.807) is 36.4 Å². The zero-order chi connectivity index (χ0) is 18.7. The fourth-order valence-corrected chi connectivity index (χ4v) is 2.84. The van der Waals surface area contributed by atoms with Gasteiger partial charge in [0, 0.05) is 21.7 Å². The van der Waals surface area contributed by atoms with Gasteiger partial charge in [0.15, 0.2) is 0 Å². The van der Waals surface area contributed by atoms with Crippen LogP contribution >= 0.6 is 34.8 Å². The van der Waals surface area contributed by atoms with Crippen LogP contribution in [0.5, 0.6) is 0 Å². The summed E-state index contributed by atoms with van der Waals surface area (Å²) in [5, 5.41) is 4.01. The molecule has 1 amide bonds. The van der Waals surface area contributed by atoms with Crippen LogP contribution < -0.4 is 10.9 Å². The highest BCUT2D eigenvalue weighted by Gasteiger charge is 2.09. The van der Waals surface area contributed by atoms with Crippen LogP contribution in [0.15, 0.2) is 59.7 Å². The number of carbonyl (C=O) groups is 1. The molecule has 0 fully saturated rings. The Labute approximate surface area is 164 Å². The maximum Gasteiger partial charge on any atom is 0.254 e. The minimum Gasteiger partial charge on any atom is -0.323 e. The summed E-state index contributed by atoms with van der Waals surface area (Å²) in [5.41, 5.74) is 1.34. The SMILES string of the molecule is O=C(Cn1cnc(-c2ccc(Cl)cc2)cc1=O)Nc1ccc(Cl)cc1Cl. The minimum absolute atomic E-state index is 0.189. The van der Waals surface area contributed by atoms with Crippen molar-refractivity contribution in [3.63, 3.8) is 0 Å². The van der Waals surface area contributed by atoms with Crippen LogP contribution in [0, 0.1) is 0 Å². The Kier molecular flexibility index (Phi) is 5.61. The van der Waals surface area contributed by atoms with Crippen LogP contribution in [0.4, 0.5) is 5.69 Å². The number of carbonyl (C=O) groups excluding carboxylic acids is 1. The van der Waals surface area contributed by atoms with Crippen molar-refractivity contribution in [1.29, 1.82) is 0 Å². The van der Waals surface area contributed by atoms with Gasteiger partial charge in [0.25, 0.3) is 5.56 Å². The quantitative estimate of drug-likeness (QED) is 0.691. The van der Waals surface area contributed by atoms with Gasteiger partial charge < -0.3 is 5.32 Å². The zero-order valence-corrected chi connectivity index (χ0v) is 15.5. The lowest BCUT2D eigenvalue weighted by Gasteiger charge is -2.09. The third-order valence-electron chi connectivity index (χ3n) is 3.54. The summed E-state index contributed by atoms with van der Waals surface area (Å²) >= 11 is 17.7. The minimum atomic E-state index is -0.405. The Morgan fingerprint density at radius 1 is 1.00 bits per heavy atom. The fraction of sp³-hybridized carbons (Fsp3) is 0.0556. The van der Waals surface area contributed by atoms with E-state index in [0.717, 1.165) is 5.56 Å². The van der Waals surface area contributed by atoms with Crippen molar-refractivity contribution in [2.24, 2.45) is 0 Å². The van der Waals surface area contributed by atoms with Gasteiger partial charge in [0.2, 0.25) is 5.91 Å². The van der Waals surface area contributed by atoms with Crippen LogP contribution in [-0.4, -0.2) is 15.5 Å². The molecule has 1 aromatic heterocycles. The molecular formula is C18H12Cl3N3O2. The van der Waals surface area contributed by atoms with Crippen LogP contribution in [-0.2, 0) is 11.3 Å². The van der Waals surface area contributed by atoms with Gasteiger partial charge in [-0.3, -0.25) is 14.2 Å². The maximum atomic E-state index is 12.3. The third-order valence-corrected chi connectivity index (χ3v) is 4.34. The number of halogens is 3. The molecule has 0 saturated heterocycles. The molecule has 0 unspecified atom stereocenters. The molecule has 2 aromatic carbocycles. The van der Waals surface area contributed by atoms with E-state index in [2.05, 4.69) is 10.3 Å². The van der Waals surface area contributed by atoms with Crippen LogP contribution in [0.2, 0.25) is 15.1 Å². The predicted octanol–water partition coefficient (Wildman–Crippen LogP) is 4.51. The number of rotatable bonds is 4. The molecule has 0 radical (unpaired) electrons. The molecule has 0 saturated carbocycles. The van der Waals surface area contributed by atoms with Gasteiger partial charge >= 0.3 is 0 Å². The van der Waals surface area contributed by atoms with Crippen LogP contribution in [0.25, 0.3) is 11.3 Å². The summed E-state index contributed by atoms with van der Waals surface area (Å²) in [5.74, 6) is -0.405. The summed E-state index contributed by atoms with van der Waals surface area (Å²) in [6, 6.07) is 13.1. The Morgan fingerprint density at radius 2 is 1.69 bits per heavy atom. The molecular weight excluding hydrogens is 397 g/mol. The normalized spacial score (nSPS) is 10.6. The van der Waals surface area contributed by atoms with E-state index >= 15 is 0 Å². The molecule has 132 valence electrons. The lowest BCUT2D eigenvalue weighted by Crippen LogP contribution is -2.27. The molecule has 0 atom stereocenters. The lowest BCUT2D eigenvalue weighted by atomic mass is 10.1. The second-order valence-electron chi connectivity index (χ2n) is 5.42. The highest BCUT2D eigenvalue weighted by atomic mass is 35.5. The molecule has 1 N–H and O–H groups in total. The van der Waals surface area contributed by atoms with Crippen molar-refractivity contribution in [2.45, 2.75) is 6.54 Å². The number of amides is 1. The van der Waals surface area contributed by atoms with Gasteiger partial charge in [-0.2, -0.15) is 0 Å². The van der Waals surface area contributed by atoms with E-state index in [1.165, 1.54) is 23.0 Å². The number of aromatic nitrogens is 2. The van der Waals surface area contributed by atoms with E-state index in [9.17, 15) is 9.59 Å². The standard InChI is InChI=1S/C18H12Cl3N3O2/c19-12-3-1-11(2-4-12)16-8-18(26)24(10-22-16)9-17(25)23-15-6-5-13(20)7-14(15)21/h1-8,10H,9H2,(H,23,25). The average Bonchev–Trinajstić information content (AvgIpc) is 2.60. The molecule has 0 bridgehead atoms. The highest BCUT2D eigenvalue weighted by molar-refractivity contribution is 6.36. The van der Waals surface area contributed by atoms with Crippen molar-refractivity contribution in [1.82, 2.24) is 9.55 Å². The van der Waals surface area contributed by atoms with Gasteiger partial charge in [-0.25, -0.2) is 4.98 Å². The Bertz CT molecular complexity index is 1020. The number of nitrogens with zero attached hydrogens (tertiary/aromatic N) is 2. The first-order valence-corrected chi connectivity index (χ1v) is 8.63. The number of hydrogen-bond acceptors (Lipinski definition) is 3. The fourth-order valence-electron chi connectivity index (χ4n) is 2.26. The Morgan fingerprint density at radius 3 is 2.35 bits per heavy atom. The first-order chi connectivity index (χ1) is 12.4. The molecule has 1 heterocycles. The van der Waals surface area contributed by atoms with Crippen LogP contribution in [0.1, 0.15) is 0 Å². The maximum absolute atomic E-state index is 12.3. The van der Waals surface area contributed by atoms with E-state index < -0.39 is 5.91 Å². The monoisotopic (exact) mass is 407 g/mol. The Balaban J connectivity index is 1.74. The van der Waals surface area contributed by atoms with Crippen molar-refractivity contribution >= 4 is 46.4 Å². The van der Waals surface area contributed by atoms with Crippen molar-refractivity contribution < 1.29 is 4.79 Å². The molecule has 0 aliphatic rings. The van der Waals surface area contributed by atoms with E-state index in [1.807, 2.05) is 0 Å². The lowest BCUT2D eigenvalue weighted by molar-refractivity contribution is -0.116. The van der Waals surface area contributed by atoms with Gasteiger partial charge in [-0.05, 0) is 30.3 Å². The highest BCUT2D eigenvalue weighted by Crippen LogP contribution is 2.25. The average molecular weight is 409 g/mol. The molecule has 8 heteroatoms. The zero-order valence-electron chi connectivity index (χ0n) is 13.2. The molecule has 3 aromatic rings. The molecule has 0 aliphatic carbocycles. The predicted molar refractivity (Wildman–Crippen MR) is 104 cm³/mol. The smallest absolute Gasteiger partial charge is 0.254 e. The van der Waals surface area contributed by atoms with E-state index in [4.69, 9.17) is 34.8 Å². The largest absolute Gasteiger partial charge is 0.323 e. The topological polar surface area (TPSA) is 64.0 Å². The van der Waals surface area contributed by atoms with Crippen molar-refractivity contribution in [3.8, 4) is 11.3 Å². The van der Waals surface area contributed by atoms with Crippen molar-refractivity contribution in [2.75, 3.05) is 5.32 Å². The molecule has 0 spiro atoms. The second kappa shape index (κ2) is 7.91. The van der Waals surface area contributed by atoms with Gasteiger partial charge in [0.05, 0.1) is 22.7 Å². The molecule has 3 rings (SSSR count). The molecule has 26 heavy (non-hydrogen) atoms. The van der Waals surface area contributed by atoms with E-state index in [0.29, 0.717) is 26.4 Å². The Hall–Kier alpha value is -2.34. The van der Waals surface area contributed by atoms with Gasteiger partial charge in [0.1, 0.15) is 6.54 Å². The molecule has 0 aliphatic heterocycles. The summed E-state index contributed by atoms with van der Waals surface area (Å²) in [6.45, 7) is -0.189. The number of hydrogen-bond donors (Lipinski definition) is 1. The van der Waals surface area contributed by atoms with E-state index in [-0.39, 0.29) is 12.1 Å². The molecule has 5 nitrogen and oxygen atoms in total. The first-order valence-electron chi connectivity index (χ1n) is 7.50. The third kappa shape index (κ3) is 4.43. The summed E-state index contributed by atoms with van der Waals surface area (Å²) < 4.78 is 1.21. The summed E-state index contributed by atoms with van der Waals surface area (Å²) in [7, 11) is 0. The van der Waals surface area contributed by atoms with Crippen LogP contribution in [0.3, 0.4) is 0 Å². The first kappa shape index (κ1) is 18.5. The van der Waals surface area contributed by atoms with Gasteiger partial charge in [-0.15, -0.1) is 0 Å². The second-order valence-corrected chi connectivity index (χ2v) is 6.70. The number of nitrogens with one attached hydrogen (secondary N) is 1. The van der Waals surface area contributed by atoms with Crippen molar-refractivity contribution in [3.05, 3.63) is 80.3 Å². The summed E-state index contributed by atoms with van der Waals surface area (Å²) in [4.78, 5) is 28.6. The number of anilines is 1. The summed E-state index contributed by atoms with van der Waals surface area (Å²) in [6.07, 6.45) is 1.33.